The van der Waals surface area contributed by atoms with Gasteiger partial charge in [-0.1, -0.05) is 121 Å². The molecule has 0 heterocycles. The van der Waals surface area contributed by atoms with Gasteiger partial charge in [-0.05, 0) is 18.6 Å². The minimum atomic E-state index is -2.08. The molecule has 0 spiro atoms. The maximum atomic E-state index is 12.4. The number of rotatable bonds is 20. The minimum Gasteiger partial charge on any atom is -0.625 e. The average molecular weight is 465 g/mol. The van der Waals surface area contributed by atoms with E-state index < -0.39 is 20.3 Å². The van der Waals surface area contributed by atoms with Crippen LogP contribution in [0.25, 0.3) is 0 Å². The number of unbranched alkanes of at least 4 members (excludes halogenated alkanes) is 15. The number of esters is 1. The van der Waals surface area contributed by atoms with Crippen LogP contribution in [-0.2, 0) is 9.53 Å². The Kier molecular flexibility index (Phi) is 18.4. The van der Waals surface area contributed by atoms with E-state index in [9.17, 15) is 14.8 Å². The second-order valence-corrected chi connectivity index (χ2v) is 10.3. The number of carbonyl (C=O) groups is 1. The molecule has 0 saturated carbocycles. The summed E-state index contributed by atoms with van der Waals surface area (Å²) in [6.07, 6.45) is 20.8. The van der Waals surface area contributed by atoms with Crippen molar-refractivity contribution in [3.05, 3.63) is 30.3 Å². The summed E-state index contributed by atoms with van der Waals surface area (Å²) in [5, 5.41) is 9.93. The van der Waals surface area contributed by atoms with E-state index >= 15 is 0 Å². The Morgan fingerprint density at radius 2 is 1.22 bits per heavy atom. The van der Waals surface area contributed by atoms with Gasteiger partial charge in [0.25, 0.3) is 0 Å². The molecule has 0 aliphatic rings. The molecule has 0 aliphatic carbocycles. The molecule has 1 unspecified atom stereocenters. The Morgan fingerprint density at radius 3 is 1.66 bits per heavy atom. The molecule has 0 amide bonds. The lowest BCUT2D eigenvalue weighted by atomic mass is 10.0. The highest BCUT2D eigenvalue weighted by atomic mass is 31.1. The summed E-state index contributed by atoms with van der Waals surface area (Å²) in [6, 6.07) is 8.73. The van der Waals surface area contributed by atoms with E-state index in [0.717, 1.165) is 19.3 Å². The summed E-state index contributed by atoms with van der Waals surface area (Å²) < 4.78 is 5.24. The fraction of sp³-hybridized carbons (Fsp3) is 0.704. The first-order valence-corrected chi connectivity index (χ1v) is 14.1. The summed E-state index contributed by atoms with van der Waals surface area (Å²) in [6.45, 7) is 2.05. The van der Waals surface area contributed by atoms with E-state index in [2.05, 4.69) is 6.92 Å². The third-order valence-electron chi connectivity index (χ3n) is 5.85. The van der Waals surface area contributed by atoms with Crippen LogP contribution < -0.4 is 10.2 Å². The number of hydrogen-bond donors (Lipinski definition) is 1. The van der Waals surface area contributed by atoms with Gasteiger partial charge in [0.2, 0.25) is 5.29 Å². The van der Waals surface area contributed by atoms with Gasteiger partial charge >= 0.3 is 5.97 Å². The largest absolute Gasteiger partial charge is 0.625 e. The van der Waals surface area contributed by atoms with E-state index in [-0.39, 0.29) is 5.29 Å². The lowest BCUT2D eigenvalue weighted by molar-refractivity contribution is -0.150. The molecule has 1 atom stereocenters. The molecule has 5 heteroatoms. The number of aliphatic hydroxyl groups excluding tert-OH is 1. The predicted octanol–water partition coefficient (Wildman–Crippen LogP) is 6.04. The fourth-order valence-corrected chi connectivity index (χ4v) is 4.94. The highest BCUT2D eigenvalue weighted by Gasteiger charge is 2.22. The molecule has 0 aliphatic heterocycles. The Labute approximate surface area is 197 Å². The Morgan fingerprint density at radius 1 is 0.781 bits per heavy atom. The van der Waals surface area contributed by atoms with Crippen molar-refractivity contribution in [3.63, 3.8) is 0 Å². The van der Waals surface area contributed by atoms with Crippen molar-refractivity contribution in [3.8, 4) is 0 Å². The van der Waals surface area contributed by atoms with Crippen LogP contribution in [0.15, 0.2) is 30.3 Å². The molecule has 182 valence electrons. The van der Waals surface area contributed by atoms with Crippen LogP contribution in [0.5, 0.6) is 0 Å². The van der Waals surface area contributed by atoms with Crippen LogP contribution in [0.2, 0.25) is 0 Å². The van der Waals surface area contributed by atoms with Crippen LogP contribution >= 0.6 is 7.77 Å². The molecular weight excluding hydrogens is 419 g/mol. The summed E-state index contributed by atoms with van der Waals surface area (Å²) in [4.78, 5) is 24.6. The van der Waals surface area contributed by atoms with Gasteiger partial charge in [-0.3, -0.25) is 0 Å². The lowest BCUT2D eigenvalue weighted by Crippen LogP contribution is -2.25. The topological polar surface area (TPSA) is 69.6 Å². The van der Waals surface area contributed by atoms with Crippen molar-refractivity contribution >= 4 is 24.3 Å². The molecule has 0 radical (unpaired) electrons. The molecule has 1 aromatic rings. The van der Waals surface area contributed by atoms with Crippen molar-refractivity contribution in [1.29, 1.82) is 0 Å². The second-order valence-electron chi connectivity index (χ2n) is 8.67. The first-order chi connectivity index (χ1) is 15.7. The molecule has 1 aromatic carbocycles. The molecule has 4 nitrogen and oxygen atoms in total. The number of benzene rings is 1. The van der Waals surface area contributed by atoms with Crippen LogP contribution in [0, 0.1) is 0 Å². The van der Waals surface area contributed by atoms with Crippen molar-refractivity contribution < 1.29 is 19.5 Å². The van der Waals surface area contributed by atoms with Gasteiger partial charge in [-0.2, -0.15) is 0 Å². The molecule has 32 heavy (non-hydrogen) atoms. The molecule has 0 bridgehead atoms. The first-order valence-electron chi connectivity index (χ1n) is 12.9. The van der Waals surface area contributed by atoms with Gasteiger partial charge in [0.15, 0.2) is 0 Å². The molecule has 0 saturated heterocycles. The number of hydrogen-bond acceptors (Lipinski definition) is 4. The quantitative estimate of drug-likeness (QED) is 0.145. The Hall–Kier alpha value is -1.22. The van der Waals surface area contributed by atoms with Crippen LogP contribution in [0.1, 0.15) is 110 Å². The van der Waals surface area contributed by atoms with Gasteiger partial charge in [-0.25, -0.2) is 4.79 Å². The first kappa shape index (κ1) is 28.8. The highest BCUT2D eigenvalue weighted by Crippen LogP contribution is 2.15. The van der Waals surface area contributed by atoms with Crippen LogP contribution in [0.4, 0.5) is 0 Å². The SMILES string of the molecule is CCCCCCCCCCCCCCCCCCOC(=O)C(CO)=[P+]([O-])c1ccccc1. The summed E-state index contributed by atoms with van der Waals surface area (Å²) >= 11 is 0. The van der Waals surface area contributed by atoms with E-state index in [1.165, 1.54) is 83.5 Å². The van der Waals surface area contributed by atoms with Crippen molar-refractivity contribution in [1.82, 2.24) is 0 Å². The average Bonchev–Trinajstić information content (AvgIpc) is 2.82. The van der Waals surface area contributed by atoms with Gasteiger partial charge in [-0.15, -0.1) is 0 Å². The van der Waals surface area contributed by atoms with Gasteiger partial charge in [0, 0.05) is 0 Å². The van der Waals surface area contributed by atoms with Crippen molar-refractivity contribution in [2.24, 2.45) is 0 Å². The third-order valence-corrected chi connectivity index (χ3v) is 7.43. The Bertz CT molecular complexity index is 615. The zero-order valence-electron chi connectivity index (χ0n) is 20.2. The monoisotopic (exact) mass is 464 g/mol. The lowest BCUT2D eigenvalue weighted by Gasteiger charge is -2.07. The molecule has 1 rings (SSSR count). The second kappa shape index (κ2) is 20.4. The summed E-state index contributed by atoms with van der Waals surface area (Å²) in [7, 11) is -2.08. The smallest absolute Gasteiger partial charge is 0.379 e. The maximum absolute atomic E-state index is 12.4. The van der Waals surface area contributed by atoms with E-state index in [0.29, 0.717) is 11.9 Å². The van der Waals surface area contributed by atoms with E-state index in [4.69, 9.17) is 4.74 Å². The van der Waals surface area contributed by atoms with Crippen molar-refractivity contribution in [2.45, 2.75) is 110 Å². The fourth-order valence-electron chi connectivity index (χ4n) is 3.83. The molecular formula is C27H45O4P. The Balaban J connectivity index is 1.97. The maximum Gasteiger partial charge on any atom is 0.379 e. The third kappa shape index (κ3) is 14.0. The van der Waals surface area contributed by atoms with E-state index in [1.807, 2.05) is 6.07 Å². The molecule has 1 N–H and O–H groups in total. The normalized spacial score (nSPS) is 12.0. The summed E-state index contributed by atoms with van der Waals surface area (Å²) in [5.74, 6) is -0.640. The van der Waals surface area contributed by atoms with Gasteiger partial charge in [0.1, 0.15) is 19.7 Å². The van der Waals surface area contributed by atoms with Crippen LogP contribution in [-0.4, -0.2) is 29.6 Å². The number of ether oxygens (including phenoxy) is 1. The zero-order valence-corrected chi connectivity index (χ0v) is 21.1. The zero-order chi connectivity index (χ0) is 23.3. The van der Waals surface area contributed by atoms with Gasteiger partial charge in [0.05, 0.1) is 6.61 Å². The summed E-state index contributed by atoms with van der Waals surface area (Å²) in [5.41, 5.74) is 0. The number of carbonyl (C=O) groups excluding carboxylic acids is 1. The van der Waals surface area contributed by atoms with E-state index in [1.54, 1.807) is 24.3 Å². The molecule has 0 aromatic heterocycles. The van der Waals surface area contributed by atoms with Crippen molar-refractivity contribution in [2.75, 3.05) is 13.2 Å². The predicted molar refractivity (Wildman–Crippen MR) is 136 cm³/mol. The molecule has 0 fully saturated rings. The standard InChI is InChI=1S/C27H45O4P/c1-2-3-4-5-6-7-8-9-10-11-12-13-14-15-16-20-23-31-27(29)26(24-28)32(30)25-21-18-17-19-22-25/h17-19,21-22,28H,2-16,20,23-24H2,1H3. The minimum absolute atomic E-state index is 0.0531. The van der Waals surface area contributed by atoms with Gasteiger partial charge < -0.3 is 14.7 Å². The number of aliphatic hydroxyl groups is 1. The highest BCUT2D eigenvalue weighted by molar-refractivity contribution is 7.61. The van der Waals surface area contributed by atoms with Crippen LogP contribution in [0.3, 0.4) is 0 Å².